The molecule has 0 atom stereocenters. The number of hydrogen-bond acceptors (Lipinski definition) is 5. The van der Waals surface area contributed by atoms with E-state index < -0.39 is 17.5 Å². The van der Waals surface area contributed by atoms with Crippen LogP contribution in [0.15, 0.2) is 18.3 Å². The van der Waals surface area contributed by atoms with Gasteiger partial charge >= 0.3 is 0 Å². The zero-order valence-corrected chi connectivity index (χ0v) is 11.7. The van der Waals surface area contributed by atoms with Crippen LogP contribution in [-0.4, -0.2) is 20.7 Å². The Balaban J connectivity index is 2.24. The first kappa shape index (κ1) is 15.0. The van der Waals surface area contributed by atoms with Crippen LogP contribution < -0.4 is 10.6 Å². The van der Waals surface area contributed by atoms with E-state index in [1.54, 1.807) is 0 Å². The number of rotatable bonds is 3. The van der Waals surface area contributed by atoms with Gasteiger partial charge in [0.25, 0.3) is 0 Å². The summed E-state index contributed by atoms with van der Waals surface area (Å²) in [5.41, 5.74) is -0.524. The molecule has 0 saturated carbocycles. The quantitative estimate of drug-likeness (QED) is 0.852. The van der Waals surface area contributed by atoms with Gasteiger partial charge in [0.15, 0.2) is 23.3 Å². The molecule has 0 spiro atoms. The lowest BCUT2D eigenvalue weighted by molar-refractivity contribution is 0.449. The molecule has 0 radical (unpaired) electrons. The molecule has 2 rings (SSSR count). The molecule has 0 fully saturated rings. The minimum absolute atomic E-state index is 0.0332. The van der Waals surface area contributed by atoms with Gasteiger partial charge in [-0.25, -0.2) is 13.2 Å². The maximum absolute atomic E-state index is 13.6. The minimum atomic E-state index is -1.56. The molecule has 0 amide bonds. The fourth-order valence-electron chi connectivity index (χ4n) is 1.54. The average Bonchev–Trinajstić information content (AvgIpc) is 2.38. The Morgan fingerprint density at radius 1 is 1.05 bits per heavy atom. The summed E-state index contributed by atoms with van der Waals surface area (Å²) in [6, 6.07) is 1.87. The molecule has 0 aliphatic rings. The van der Waals surface area contributed by atoms with Crippen LogP contribution in [0.3, 0.4) is 0 Å². The van der Waals surface area contributed by atoms with Gasteiger partial charge in [0.2, 0.25) is 5.95 Å². The van der Waals surface area contributed by atoms with E-state index in [4.69, 9.17) is 0 Å². The largest absolute Gasteiger partial charge is 0.364 e. The van der Waals surface area contributed by atoms with Gasteiger partial charge in [-0.3, -0.25) is 0 Å². The number of hydrogen-bond donors (Lipinski definition) is 2. The molecular weight excluding hydrogens is 283 g/mol. The van der Waals surface area contributed by atoms with Crippen LogP contribution >= 0.6 is 0 Å². The Bertz CT molecular complexity index is 655. The summed E-state index contributed by atoms with van der Waals surface area (Å²) in [5.74, 6) is -3.78. The van der Waals surface area contributed by atoms with Crippen molar-refractivity contribution in [3.63, 3.8) is 0 Å². The lowest BCUT2D eigenvalue weighted by Gasteiger charge is -2.20. The first-order valence-corrected chi connectivity index (χ1v) is 6.15. The highest BCUT2D eigenvalue weighted by molar-refractivity contribution is 5.55. The summed E-state index contributed by atoms with van der Waals surface area (Å²) in [5, 5.41) is 12.9. The topological polar surface area (TPSA) is 62.7 Å². The van der Waals surface area contributed by atoms with E-state index in [9.17, 15) is 13.2 Å². The van der Waals surface area contributed by atoms with Crippen LogP contribution in [0, 0.1) is 17.5 Å². The van der Waals surface area contributed by atoms with Crippen molar-refractivity contribution in [3.05, 3.63) is 35.8 Å². The first-order chi connectivity index (χ1) is 9.76. The van der Waals surface area contributed by atoms with Crippen molar-refractivity contribution in [1.29, 1.82) is 0 Å². The summed E-state index contributed by atoms with van der Waals surface area (Å²) in [4.78, 5) is 4.07. The summed E-state index contributed by atoms with van der Waals surface area (Å²) < 4.78 is 39.5. The van der Waals surface area contributed by atoms with E-state index in [-0.39, 0.29) is 17.2 Å². The lowest BCUT2D eigenvalue weighted by atomic mass is 10.1. The molecule has 1 heterocycles. The van der Waals surface area contributed by atoms with Crippen molar-refractivity contribution >= 4 is 17.5 Å². The average molecular weight is 297 g/mol. The third kappa shape index (κ3) is 3.80. The normalized spacial score (nSPS) is 11.3. The van der Waals surface area contributed by atoms with E-state index in [1.807, 2.05) is 20.8 Å². The molecule has 1 aromatic carbocycles. The van der Waals surface area contributed by atoms with Crippen molar-refractivity contribution in [3.8, 4) is 0 Å². The molecule has 2 N–H and O–H groups in total. The fraction of sp³-hybridized carbons (Fsp3) is 0.308. The Kier molecular flexibility index (Phi) is 3.97. The van der Waals surface area contributed by atoms with Gasteiger partial charge in [-0.05, 0) is 32.9 Å². The number of halogens is 3. The Morgan fingerprint density at radius 2 is 1.76 bits per heavy atom. The van der Waals surface area contributed by atoms with Crippen LogP contribution in [0.25, 0.3) is 0 Å². The van der Waals surface area contributed by atoms with Crippen LogP contribution in [0.4, 0.5) is 30.6 Å². The van der Waals surface area contributed by atoms with E-state index in [0.29, 0.717) is 5.82 Å². The number of anilines is 3. The molecular formula is C13H14F3N5. The number of nitrogens with zero attached hydrogens (tertiary/aromatic N) is 3. The van der Waals surface area contributed by atoms with Crippen molar-refractivity contribution in [2.45, 2.75) is 26.3 Å². The van der Waals surface area contributed by atoms with E-state index in [1.165, 1.54) is 6.20 Å². The number of benzene rings is 1. The lowest BCUT2D eigenvalue weighted by Crippen LogP contribution is -2.27. The molecule has 112 valence electrons. The Morgan fingerprint density at radius 3 is 2.43 bits per heavy atom. The number of nitrogens with one attached hydrogen (secondary N) is 2. The molecule has 8 heteroatoms. The number of aromatic nitrogens is 3. The highest BCUT2D eigenvalue weighted by Crippen LogP contribution is 2.22. The molecule has 0 saturated heterocycles. The van der Waals surface area contributed by atoms with Crippen LogP contribution in [0.1, 0.15) is 20.8 Å². The maximum atomic E-state index is 13.6. The molecule has 0 bridgehead atoms. The minimum Gasteiger partial charge on any atom is -0.364 e. The second-order valence-corrected chi connectivity index (χ2v) is 5.39. The van der Waals surface area contributed by atoms with Gasteiger partial charge in [0.05, 0.1) is 11.9 Å². The van der Waals surface area contributed by atoms with Crippen molar-refractivity contribution in [2.75, 3.05) is 10.6 Å². The van der Waals surface area contributed by atoms with Crippen molar-refractivity contribution in [1.82, 2.24) is 15.2 Å². The summed E-state index contributed by atoms with van der Waals surface area (Å²) in [6.45, 7) is 5.78. The van der Waals surface area contributed by atoms with Crippen LogP contribution in [0.5, 0.6) is 0 Å². The SMILES string of the molecule is CC(C)(C)Nc1cnnc(Nc2ccc(F)c(F)c2F)n1. The highest BCUT2D eigenvalue weighted by Gasteiger charge is 2.15. The second kappa shape index (κ2) is 5.55. The van der Waals surface area contributed by atoms with Gasteiger partial charge in [-0.1, -0.05) is 0 Å². The zero-order valence-electron chi connectivity index (χ0n) is 11.7. The van der Waals surface area contributed by atoms with E-state index in [0.717, 1.165) is 12.1 Å². The first-order valence-electron chi connectivity index (χ1n) is 6.15. The van der Waals surface area contributed by atoms with Gasteiger partial charge in [0, 0.05) is 5.54 Å². The van der Waals surface area contributed by atoms with Crippen molar-refractivity contribution < 1.29 is 13.2 Å². The van der Waals surface area contributed by atoms with Crippen LogP contribution in [-0.2, 0) is 0 Å². The van der Waals surface area contributed by atoms with Crippen LogP contribution in [0.2, 0.25) is 0 Å². The standard InChI is InChI=1S/C13H14F3N5/c1-13(2,3)20-9-6-17-21-12(19-9)18-8-5-4-7(14)10(15)11(8)16/h4-6H,1-3H3,(H2,18,19,20,21). The second-order valence-electron chi connectivity index (χ2n) is 5.39. The summed E-state index contributed by atoms with van der Waals surface area (Å²) in [7, 11) is 0. The summed E-state index contributed by atoms with van der Waals surface area (Å²) >= 11 is 0. The predicted octanol–water partition coefficient (Wildman–Crippen LogP) is 3.24. The maximum Gasteiger partial charge on any atom is 0.249 e. The molecule has 0 aliphatic heterocycles. The van der Waals surface area contributed by atoms with Crippen molar-refractivity contribution in [2.24, 2.45) is 0 Å². The predicted molar refractivity (Wildman–Crippen MR) is 72.8 cm³/mol. The molecule has 5 nitrogen and oxygen atoms in total. The third-order valence-electron chi connectivity index (χ3n) is 2.34. The molecule has 21 heavy (non-hydrogen) atoms. The van der Waals surface area contributed by atoms with Gasteiger partial charge < -0.3 is 10.6 Å². The summed E-state index contributed by atoms with van der Waals surface area (Å²) in [6.07, 6.45) is 1.40. The molecule has 0 unspecified atom stereocenters. The monoisotopic (exact) mass is 297 g/mol. The van der Waals surface area contributed by atoms with Gasteiger partial charge in [0.1, 0.15) is 0 Å². The fourth-order valence-corrected chi connectivity index (χ4v) is 1.54. The smallest absolute Gasteiger partial charge is 0.249 e. The highest BCUT2D eigenvalue weighted by atomic mass is 19.2. The molecule has 1 aromatic heterocycles. The van der Waals surface area contributed by atoms with Gasteiger partial charge in [-0.2, -0.15) is 10.1 Å². The van der Waals surface area contributed by atoms with E-state index >= 15 is 0 Å². The third-order valence-corrected chi connectivity index (χ3v) is 2.34. The molecule has 0 aliphatic carbocycles. The Hall–Kier alpha value is -2.38. The van der Waals surface area contributed by atoms with Gasteiger partial charge in [-0.15, -0.1) is 5.10 Å². The Labute approximate surface area is 119 Å². The molecule has 2 aromatic rings. The zero-order chi connectivity index (χ0) is 15.6. The van der Waals surface area contributed by atoms with E-state index in [2.05, 4.69) is 25.8 Å².